The van der Waals surface area contributed by atoms with E-state index in [-0.39, 0.29) is 11.8 Å². The number of benzene rings is 2. The van der Waals surface area contributed by atoms with Crippen molar-refractivity contribution in [3.05, 3.63) is 71.3 Å². The SMILES string of the molecule is COc1ccc(CCC(=O)N2CCC[C@@H](c3nc(C)ncc3-c3cccc(C)c3)C2)cc1OC. The molecule has 0 saturated carbocycles. The first-order chi connectivity index (χ1) is 16.5. The molecule has 3 aromatic rings. The lowest BCUT2D eigenvalue weighted by Gasteiger charge is -2.33. The van der Waals surface area contributed by atoms with Crippen molar-refractivity contribution in [3.8, 4) is 22.6 Å². The van der Waals surface area contributed by atoms with Crippen LogP contribution in [0.25, 0.3) is 11.1 Å². The Balaban J connectivity index is 1.48. The van der Waals surface area contributed by atoms with Gasteiger partial charge in [-0.1, -0.05) is 35.9 Å². The quantitative estimate of drug-likeness (QED) is 0.491. The van der Waals surface area contributed by atoms with Crippen molar-refractivity contribution < 1.29 is 14.3 Å². The first kappa shape index (κ1) is 23.7. The number of likely N-dealkylation sites (tertiary alicyclic amines) is 1. The van der Waals surface area contributed by atoms with Gasteiger partial charge in [-0.05, 0) is 56.4 Å². The third-order valence-electron chi connectivity index (χ3n) is 6.50. The first-order valence-corrected chi connectivity index (χ1v) is 11.9. The molecule has 34 heavy (non-hydrogen) atoms. The Labute approximate surface area is 202 Å². The summed E-state index contributed by atoms with van der Waals surface area (Å²) in [5.74, 6) is 2.54. The maximum atomic E-state index is 13.1. The Morgan fingerprint density at radius 3 is 2.68 bits per heavy atom. The molecular formula is C28H33N3O3. The number of ether oxygens (including phenoxy) is 2. The molecule has 178 valence electrons. The zero-order chi connectivity index (χ0) is 24.1. The highest BCUT2D eigenvalue weighted by Gasteiger charge is 2.28. The number of hydrogen-bond acceptors (Lipinski definition) is 5. The molecule has 0 bridgehead atoms. The predicted octanol–water partition coefficient (Wildman–Crippen LogP) is 5.12. The summed E-state index contributed by atoms with van der Waals surface area (Å²) in [6, 6.07) is 14.3. The van der Waals surface area contributed by atoms with Crippen LogP contribution in [-0.2, 0) is 11.2 Å². The minimum atomic E-state index is 0.183. The fraction of sp³-hybridized carbons (Fsp3) is 0.393. The van der Waals surface area contributed by atoms with E-state index < -0.39 is 0 Å². The Morgan fingerprint density at radius 2 is 1.91 bits per heavy atom. The summed E-state index contributed by atoms with van der Waals surface area (Å²) in [5.41, 5.74) is 5.52. The summed E-state index contributed by atoms with van der Waals surface area (Å²) in [7, 11) is 3.25. The molecule has 1 aliphatic heterocycles. The van der Waals surface area contributed by atoms with Gasteiger partial charge in [-0.3, -0.25) is 4.79 Å². The van der Waals surface area contributed by atoms with Gasteiger partial charge in [-0.25, -0.2) is 9.97 Å². The normalized spacial score (nSPS) is 15.8. The van der Waals surface area contributed by atoms with E-state index >= 15 is 0 Å². The van der Waals surface area contributed by atoms with Crippen LogP contribution in [0.4, 0.5) is 0 Å². The summed E-state index contributed by atoms with van der Waals surface area (Å²) < 4.78 is 10.7. The van der Waals surface area contributed by atoms with Crippen LogP contribution in [0.5, 0.6) is 11.5 Å². The van der Waals surface area contributed by atoms with Crippen molar-refractivity contribution in [2.45, 2.75) is 45.4 Å². The first-order valence-electron chi connectivity index (χ1n) is 11.9. The standard InChI is InChI=1S/C28H33N3O3/c1-19-7-5-8-22(15-19)24-17-29-20(2)30-28(24)23-9-6-14-31(18-23)27(32)13-11-21-10-12-25(33-3)26(16-21)34-4/h5,7-8,10,12,15-17,23H,6,9,11,13-14,18H2,1-4H3/t23-/m1/s1. The van der Waals surface area contributed by atoms with Crippen molar-refractivity contribution in [1.82, 2.24) is 14.9 Å². The van der Waals surface area contributed by atoms with E-state index in [2.05, 4.69) is 36.2 Å². The molecule has 0 unspecified atom stereocenters. The fourth-order valence-corrected chi connectivity index (χ4v) is 4.71. The Morgan fingerprint density at radius 1 is 1.09 bits per heavy atom. The van der Waals surface area contributed by atoms with Crippen LogP contribution in [0, 0.1) is 13.8 Å². The minimum absolute atomic E-state index is 0.183. The average Bonchev–Trinajstić information content (AvgIpc) is 2.87. The lowest BCUT2D eigenvalue weighted by molar-refractivity contribution is -0.132. The van der Waals surface area contributed by atoms with Crippen molar-refractivity contribution in [3.63, 3.8) is 0 Å². The molecule has 2 aromatic carbocycles. The van der Waals surface area contributed by atoms with E-state index in [1.807, 2.05) is 36.2 Å². The van der Waals surface area contributed by atoms with E-state index in [0.717, 1.165) is 47.6 Å². The molecule has 0 N–H and O–H groups in total. The Bertz CT molecular complexity index is 1160. The topological polar surface area (TPSA) is 64.5 Å². The van der Waals surface area contributed by atoms with Crippen LogP contribution in [-0.4, -0.2) is 48.1 Å². The molecule has 0 radical (unpaired) electrons. The second-order valence-corrected chi connectivity index (χ2v) is 8.95. The zero-order valence-electron chi connectivity index (χ0n) is 20.5. The van der Waals surface area contributed by atoms with Crippen LogP contribution in [0.2, 0.25) is 0 Å². The van der Waals surface area contributed by atoms with Gasteiger partial charge in [0.05, 0.1) is 19.9 Å². The summed E-state index contributed by atoms with van der Waals surface area (Å²) >= 11 is 0. The van der Waals surface area contributed by atoms with Gasteiger partial charge >= 0.3 is 0 Å². The second-order valence-electron chi connectivity index (χ2n) is 8.95. The lowest BCUT2D eigenvalue weighted by Crippen LogP contribution is -2.39. The van der Waals surface area contributed by atoms with Gasteiger partial charge in [0.25, 0.3) is 0 Å². The molecule has 1 amide bonds. The minimum Gasteiger partial charge on any atom is -0.493 e. The number of carbonyl (C=O) groups excluding carboxylic acids is 1. The van der Waals surface area contributed by atoms with E-state index in [0.29, 0.717) is 30.9 Å². The summed E-state index contributed by atoms with van der Waals surface area (Å²) in [5, 5.41) is 0. The second kappa shape index (κ2) is 10.7. The summed E-state index contributed by atoms with van der Waals surface area (Å²) in [6.07, 6.45) is 5.07. The van der Waals surface area contributed by atoms with Gasteiger partial charge in [0.1, 0.15) is 5.82 Å². The number of aryl methyl sites for hydroxylation is 3. The lowest BCUT2D eigenvalue weighted by atomic mass is 9.89. The van der Waals surface area contributed by atoms with Gasteiger partial charge in [0, 0.05) is 37.2 Å². The molecule has 6 heteroatoms. The molecule has 1 fully saturated rings. The monoisotopic (exact) mass is 459 g/mol. The van der Waals surface area contributed by atoms with Gasteiger partial charge in [-0.2, -0.15) is 0 Å². The molecule has 0 aliphatic carbocycles. The number of aromatic nitrogens is 2. The number of rotatable bonds is 7. The van der Waals surface area contributed by atoms with Crippen molar-refractivity contribution in [2.75, 3.05) is 27.3 Å². The van der Waals surface area contributed by atoms with Gasteiger partial charge in [0.2, 0.25) is 5.91 Å². The smallest absolute Gasteiger partial charge is 0.222 e. The van der Waals surface area contributed by atoms with Crippen LogP contribution in [0.15, 0.2) is 48.7 Å². The van der Waals surface area contributed by atoms with E-state index in [9.17, 15) is 4.79 Å². The molecule has 2 heterocycles. The van der Waals surface area contributed by atoms with E-state index in [4.69, 9.17) is 14.5 Å². The van der Waals surface area contributed by atoms with Gasteiger partial charge in [0.15, 0.2) is 11.5 Å². The van der Waals surface area contributed by atoms with E-state index in [1.165, 1.54) is 5.56 Å². The van der Waals surface area contributed by atoms with Gasteiger partial charge < -0.3 is 14.4 Å². The highest BCUT2D eigenvalue weighted by atomic mass is 16.5. The Hall–Kier alpha value is -3.41. The number of nitrogens with zero attached hydrogens (tertiary/aromatic N) is 3. The molecule has 4 rings (SSSR count). The number of piperidine rings is 1. The molecule has 1 atom stereocenters. The molecular weight excluding hydrogens is 426 g/mol. The number of amides is 1. The van der Waals surface area contributed by atoms with Gasteiger partial charge in [-0.15, -0.1) is 0 Å². The van der Waals surface area contributed by atoms with Crippen molar-refractivity contribution >= 4 is 5.91 Å². The van der Waals surface area contributed by atoms with Crippen LogP contribution in [0.3, 0.4) is 0 Å². The molecule has 6 nitrogen and oxygen atoms in total. The number of methoxy groups -OCH3 is 2. The zero-order valence-corrected chi connectivity index (χ0v) is 20.5. The maximum Gasteiger partial charge on any atom is 0.222 e. The van der Waals surface area contributed by atoms with Crippen LogP contribution < -0.4 is 9.47 Å². The summed E-state index contributed by atoms with van der Waals surface area (Å²) in [6.45, 7) is 5.52. The molecule has 1 aromatic heterocycles. The molecule has 0 spiro atoms. The average molecular weight is 460 g/mol. The molecule has 1 aliphatic rings. The largest absolute Gasteiger partial charge is 0.493 e. The summed E-state index contributed by atoms with van der Waals surface area (Å²) in [4.78, 5) is 24.5. The maximum absolute atomic E-state index is 13.1. The predicted molar refractivity (Wildman–Crippen MR) is 133 cm³/mol. The number of hydrogen-bond donors (Lipinski definition) is 0. The van der Waals surface area contributed by atoms with Crippen LogP contribution in [0.1, 0.15) is 47.8 Å². The third-order valence-corrected chi connectivity index (χ3v) is 6.50. The van der Waals surface area contributed by atoms with Crippen molar-refractivity contribution in [2.24, 2.45) is 0 Å². The van der Waals surface area contributed by atoms with Crippen molar-refractivity contribution in [1.29, 1.82) is 0 Å². The highest BCUT2D eigenvalue weighted by Crippen LogP contribution is 2.34. The van der Waals surface area contributed by atoms with E-state index in [1.54, 1.807) is 14.2 Å². The Kier molecular flexibility index (Phi) is 7.46. The van der Waals surface area contributed by atoms with Crippen LogP contribution >= 0.6 is 0 Å². The highest BCUT2D eigenvalue weighted by molar-refractivity contribution is 5.77. The molecule has 1 saturated heterocycles. The third kappa shape index (κ3) is 5.38. The fourth-order valence-electron chi connectivity index (χ4n) is 4.71. The number of carbonyl (C=O) groups is 1.